The van der Waals surface area contributed by atoms with Crippen LogP contribution in [0.3, 0.4) is 0 Å². The van der Waals surface area contributed by atoms with E-state index in [0.29, 0.717) is 12.1 Å². The van der Waals surface area contributed by atoms with Crippen LogP contribution >= 0.6 is 15.9 Å². The second kappa shape index (κ2) is 6.01. The van der Waals surface area contributed by atoms with Crippen LogP contribution in [0.4, 0.5) is 0 Å². The van der Waals surface area contributed by atoms with E-state index in [2.05, 4.69) is 59.4 Å². The standard InChI is InChI=1S/C15H22BrN/c1-11-4-3-5-15(10-11)17-12(2)13-6-8-14(16)9-7-13/h6-9,11-12,15,17H,3-5,10H2,1-2H3. The monoisotopic (exact) mass is 295 g/mol. The molecule has 0 spiro atoms. The lowest BCUT2D eigenvalue weighted by atomic mass is 9.86. The van der Waals surface area contributed by atoms with Gasteiger partial charge in [-0.15, -0.1) is 0 Å². The number of halogens is 1. The summed E-state index contributed by atoms with van der Waals surface area (Å²) in [6.45, 7) is 4.64. The van der Waals surface area contributed by atoms with Crippen molar-refractivity contribution in [3.63, 3.8) is 0 Å². The molecule has 3 atom stereocenters. The Labute approximate surface area is 113 Å². The molecule has 0 aromatic heterocycles. The van der Waals surface area contributed by atoms with E-state index in [1.807, 2.05) is 0 Å². The zero-order valence-corrected chi connectivity index (χ0v) is 12.3. The Morgan fingerprint density at radius 1 is 1.24 bits per heavy atom. The minimum atomic E-state index is 0.457. The fourth-order valence-corrected chi connectivity index (χ4v) is 3.05. The maximum atomic E-state index is 3.77. The van der Waals surface area contributed by atoms with Gasteiger partial charge in [-0.2, -0.15) is 0 Å². The quantitative estimate of drug-likeness (QED) is 0.854. The number of hydrogen-bond acceptors (Lipinski definition) is 1. The molecule has 0 heterocycles. The van der Waals surface area contributed by atoms with Gasteiger partial charge in [0.15, 0.2) is 0 Å². The van der Waals surface area contributed by atoms with E-state index in [9.17, 15) is 0 Å². The van der Waals surface area contributed by atoms with E-state index in [0.717, 1.165) is 10.4 Å². The number of benzene rings is 1. The average Bonchev–Trinajstić information content (AvgIpc) is 2.29. The summed E-state index contributed by atoms with van der Waals surface area (Å²) in [5, 5.41) is 3.77. The molecule has 1 fully saturated rings. The Hall–Kier alpha value is -0.340. The van der Waals surface area contributed by atoms with Crippen LogP contribution in [0, 0.1) is 5.92 Å². The van der Waals surface area contributed by atoms with E-state index in [1.54, 1.807) is 0 Å². The van der Waals surface area contributed by atoms with Crippen LogP contribution in [0.1, 0.15) is 51.1 Å². The van der Waals surface area contributed by atoms with Gasteiger partial charge in [0.25, 0.3) is 0 Å². The molecule has 94 valence electrons. The minimum absolute atomic E-state index is 0.457. The maximum absolute atomic E-state index is 3.77. The molecule has 1 saturated carbocycles. The second-order valence-electron chi connectivity index (χ2n) is 5.41. The first-order valence-corrected chi connectivity index (χ1v) is 7.46. The number of rotatable bonds is 3. The van der Waals surface area contributed by atoms with Gasteiger partial charge in [-0.3, -0.25) is 0 Å². The Balaban J connectivity index is 1.91. The van der Waals surface area contributed by atoms with E-state index < -0.39 is 0 Å². The van der Waals surface area contributed by atoms with Crippen molar-refractivity contribution in [3.05, 3.63) is 34.3 Å². The molecule has 1 aromatic rings. The van der Waals surface area contributed by atoms with Gasteiger partial charge in [-0.25, -0.2) is 0 Å². The molecule has 1 aliphatic rings. The Bertz CT molecular complexity index is 346. The van der Waals surface area contributed by atoms with Crippen molar-refractivity contribution >= 4 is 15.9 Å². The molecular weight excluding hydrogens is 274 g/mol. The molecule has 1 aliphatic carbocycles. The largest absolute Gasteiger partial charge is 0.307 e. The molecule has 1 N–H and O–H groups in total. The fourth-order valence-electron chi connectivity index (χ4n) is 2.79. The van der Waals surface area contributed by atoms with Gasteiger partial charge in [0.2, 0.25) is 0 Å². The summed E-state index contributed by atoms with van der Waals surface area (Å²) in [6, 6.07) is 9.81. The first-order chi connectivity index (χ1) is 8.15. The third-order valence-electron chi connectivity index (χ3n) is 3.79. The minimum Gasteiger partial charge on any atom is -0.307 e. The normalized spacial score (nSPS) is 26.8. The van der Waals surface area contributed by atoms with Crippen LogP contribution < -0.4 is 5.32 Å². The molecule has 2 rings (SSSR count). The fraction of sp³-hybridized carbons (Fsp3) is 0.600. The number of nitrogens with one attached hydrogen (secondary N) is 1. The second-order valence-corrected chi connectivity index (χ2v) is 6.32. The van der Waals surface area contributed by atoms with Gasteiger partial charge in [0.05, 0.1) is 0 Å². The van der Waals surface area contributed by atoms with Gasteiger partial charge in [-0.05, 0) is 43.4 Å². The molecule has 3 unspecified atom stereocenters. The van der Waals surface area contributed by atoms with E-state index >= 15 is 0 Å². The topological polar surface area (TPSA) is 12.0 Å². The zero-order valence-electron chi connectivity index (χ0n) is 10.7. The van der Waals surface area contributed by atoms with Crippen molar-refractivity contribution < 1.29 is 0 Å². The van der Waals surface area contributed by atoms with Crippen molar-refractivity contribution in [2.75, 3.05) is 0 Å². The van der Waals surface area contributed by atoms with E-state index in [1.165, 1.54) is 31.2 Å². The first-order valence-electron chi connectivity index (χ1n) is 6.66. The van der Waals surface area contributed by atoms with Gasteiger partial charge < -0.3 is 5.32 Å². The lowest BCUT2D eigenvalue weighted by Crippen LogP contribution is -2.35. The summed E-state index contributed by atoms with van der Waals surface area (Å²) < 4.78 is 1.15. The number of hydrogen-bond donors (Lipinski definition) is 1. The summed E-state index contributed by atoms with van der Waals surface area (Å²) in [5.74, 6) is 0.887. The lowest BCUT2D eigenvalue weighted by molar-refractivity contribution is 0.285. The average molecular weight is 296 g/mol. The Morgan fingerprint density at radius 3 is 2.59 bits per heavy atom. The highest BCUT2D eigenvalue weighted by Crippen LogP contribution is 2.26. The molecule has 17 heavy (non-hydrogen) atoms. The molecular formula is C15H22BrN. The van der Waals surface area contributed by atoms with Crippen LogP contribution in [0.15, 0.2) is 28.7 Å². The van der Waals surface area contributed by atoms with Crippen molar-refractivity contribution in [2.24, 2.45) is 5.92 Å². The third kappa shape index (κ3) is 3.82. The van der Waals surface area contributed by atoms with Gasteiger partial charge in [0, 0.05) is 16.6 Å². The van der Waals surface area contributed by atoms with Crippen molar-refractivity contribution in [1.29, 1.82) is 0 Å². The van der Waals surface area contributed by atoms with Crippen LogP contribution in [0.2, 0.25) is 0 Å². The van der Waals surface area contributed by atoms with Gasteiger partial charge >= 0.3 is 0 Å². The lowest BCUT2D eigenvalue weighted by Gasteiger charge is -2.30. The van der Waals surface area contributed by atoms with Crippen LogP contribution in [0.5, 0.6) is 0 Å². The summed E-state index contributed by atoms with van der Waals surface area (Å²) in [7, 11) is 0. The highest BCUT2D eigenvalue weighted by Gasteiger charge is 2.20. The summed E-state index contributed by atoms with van der Waals surface area (Å²) in [5.41, 5.74) is 1.38. The van der Waals surface area contributed by atoms with Gasteiger partial charge in [0.1, 0.15) is 0 Å². The molecule has 2 heteroatoms. The zero-order chi connectivity index (χ0) is 12.3. The maximum Gasteiger partial charge on any atom is 0.0294 e. The van der Waals surface area contributed by atoms with Crippen LogP contribution in [-0.4, -0.2) is 6.04 Å². The molecule has 0 radical (unpaired) electrons. The SMILES string of the molecule is CC1CCCC(NC(C)c2ccc(Br)cc2)C1. The highest BCUT2D eigenvalue weighted by atomic mass is 79.9. The summed E-state index contributed by atoms with van der Waals surface area (Å²) in [4.78, 5) is 0. The molecule has 0 bridgehead atoms. The van der Waals surface area contributed by atoms with E-state index in [4.69, 9.17) is 0 Å². The molecule has 1 nitrogen and oxygen atoms in total. The molecule has 0 amide bonds. The van der Waals surface area contributed by atoms with Crippen molar-refractivity contribution in [3.8, 4) is 0 Å². The molecule has 1 aromatic carbocycles. The predicted octanol–water partition coefficient (Wildman–Crippen LogP) is 4.68. The van der Waals surface area contributed by atoms with Crippen LogP contribution in [-0.2, 0) is 0 Å². The summed E-state index contributed by atoms with van der Waals surface area (Å²) in [6.07, 6.45) is 5.46. The molecule has 0 saturated heterocycles. The highest BCUT2D eigenvalue weighted by molar-refractivity contribution is 9.10. The van der Waals surface area contributed by atoms with Crippen molar-refractivity contribution in [2.45, 2.75) is 51.6 Å². The van der Waals surface area contributed by atoms with Gasteiger partial charge in [-0.1, -0.05) is 47.8 Å². The predicted molar refractivity (Wildman–Crippen MR) is 77.1 cm³/mol. The summed E-state index contributed by atoms with van der Waals surface area (Å²) >= 11 is 3.48. The smallest absolute Gasteiger partial charge is 0.0294 e. The van der Waals surface area contributed by atoms with Crippen molar-refractivity contribution in [1.82, 2.24) is 5.32 Å². The Kier molecular flexibility index (Phi) is 4.63. The third-order valence-corrected chi connectivity index (χ3v) is 4.32. The Morgan fingerprint density at radius 2 is 1.94 bits per heavy atom. The van der Waals surface area contributed by atoms with E-state index in [-0.39, 0.29) is 0 Å². The molecule has 0 aliphatic heterocycles. The first kappa shape index (κ1) is 13.1. The van der Waals surface area contributed by atoms with Crippen LogP contribution in [0.25, 0.3) is 0 Å².